The third kappa shape index (κ3) is 5.62. The average molecular weight is 379 g/mol. The Morgan fingerprint density at radius 2 is 1.84 bits per heavy atom. The van der Waals surface area contributed by atoms with Gasteiger partial charge in [-0.05, 0) is 44.9 Å². The number of carbonyl (C=O) groups is 1. The number of ether oxygens (including phenoxy) is 1. The van der Waals surface area contributed by atoms with E-state index in [0.29, 0.717) is 6.42 Å². The maximum absolute atomic E-state index is 14.6. The van der Waals surface area contributed by atoms with Crippen molar-refractivity contribution < 1.29 is 27.3 Å². The first kappa shape index (κ1) is 21.8. The maximum atomic E-state index is 14.6. The van der Waals surface area contributed by atoms with Crippen molar-refractivity contribution in [1.29, 1.82) is 0 Å². The fourth-order valence-corrected chi connectivity index (χ4v) is 3.52. The van der Waals surface area contributed by atoms with E-state index in [9.17, 15) is 22.5 Å². The van der Waals surface area contributed by atoms with Crippen LogP contribution in [0.25, 0.3) is 0 Å². The summed E-state index contributed by atoms with van der Waals surface area (Å²) in [7, 11) is 0. The molecule has 0 aliphatic carbocycles. The van der Waals surface area contributed by atoms with Crippen LogP contribution in [0.3, 0.4) is 0 Å². The molecule has 1 aromatic carbocycles. The Kier molecular flexibility index (Phi) is 7.77. The Hall–Kier alpha value is -1.25. The Bertz CT molecular complexity index is 567. The zero-order valence-electron chi connectivity index (χ0n) is 14.8. The first-order valence-electron chi connectivity index (χ1n) is 8.04. The summed E-state index contributed by atoms with van der Waals surface area (Å²) in [4.78, 5) is 11.7. The first-order chi connectivity index (χ1) is 11.6. The number of alkyl halides is 2. The molecule has 1 N–H and O–H groups in total. The van der Waals surface area contributed by atoms with E-state index in [1.165, 1.54) is 6.92 Å². The molecule has 0 bridgehead atoms. The summed E-state index contributed by atoms with van der Waals surface area (Å²) in [5, 5.41) is 0. The van der Waals surface area contributed by atoms with Crippen molar-refractivity contribution in [2.75, 3.05) is 6.61 Å². The molecule has 0 saturated carbocycles. The fraction of sp³-hybridized carbons (Fsp3) is 0.588. The van der Waals surface area contributed by atoms with Crippen molar-refractivity contribution in [3.8, 4) is 0 Å². The van der Waals surface area contributed by atoms with Gasteiger partial charge in [-0.25, -0.2) is 9.18 Å². The summed E-state index contributed by atoms with van der Waals surface area (Å²) < 4.78 is 61.0. The highest BCUT2D eigenvalue weighted by Gasteiger charge is 2.53. The lowest BCUT2D eigenvalue weighted by molar-refractivity contribution is -0.175. The minimum absolute atomic E-state index is 0.0555. The summed E-state index contributed by atoms with van der Waals surface area (Å²) in [6.45, 7) is 6.46. The van der Waals surface area contributed by atoms with Crippen LogP contribution in [0.2, 0.25) is 0 Å². The zero-order valence-corrected chi connectivity index (χ0v) is 15.6. The van der Waals surface area contributed by atoms with E-state index in [-0.39, 0.29) is 12.2 Å². The first-order valence-corrected chi connectivity index (χ1v) is 9.19. The molecule has 0 unspecified atom stereocenters. The summed E-state index contributed by atoms with van der Waals surface area (Å²) in [6.07, 6.45) is 1.25. The second kappa shape index (κ2) is 8.91. The summed E-state index contributed by atoms with van der Waals surface area (Å²) in [5.41, 5.74) is -0.0555. The van der Waals surface area contributed by atoms with Crippen LogP contribution in [-0.4, -0.2) is 27.8 Å². The van der Waals surface area contributed by atoms with Crippen LogP contribution in [0.5, 0.6) is 0 Å². The Labute approximate surface area is 149 Å². The molecule has 8 heteroatoms. The van der Waals surface area contributed by atoms with Gasteiger partial charge in [-0.3, -0.25) is 0 Å². The summed E-state index contributed by atoms with van der Waals surface area (Å²) in [5.74, 6) is -6.29. The number of hydrogen-bond acceptors (Lipinski definition) is 4. The monoisotopic (exact) mass is 379 g/mol. The molecule has 0 heterocycles. The van der Waals surface area contributed by atoms with E-state index in [0.717, 1.165) is 30.7 Å². The minimum atomic E-state index is -3.97. The SMILES string of the molecule is CCCC(C)(C)[S@+]([O-])N[C@@H](c1ccc(F)cc1)C(F)(F)C(=O)OCC. The van der Waals surface area contributed by atoms with Gasteiger partial charge in [0.2, 0.25) is 0 Å². The molecule has 4 nitrogen and oxygen atoms in total. The molecule has 2 atom stereocenters. The van der Waals surface area contributed by atoms with Crippen LogP contribution >= 0.6 is 0 Å². The summed E-state index contributed by atoms with van der Waals surface area (Å²) >= 11 is -1.86. The van der Waals surface area contributed by atoms with Gasteiger partial charge in [-0.1, -0.05) is 25.5 Å². The minimum Gasteiger partial charge on any atom is -0.598 e. The van der Waals surface area contributed by atoms with Gasteiger partial charge in [0.1, 0.15) is 10.6 Å². The highest BCUT2D eigenvalue weighted by molar-refractivity contribution is 7.90. The molecule has 1 rings (SSSR count). The van der Waals surface area contributed by atoms with Gasteiger partial charge in [0.15, 0.2) is 6.04 Å². The van der Waals surface area contributed by atoms with Gasteiger partial charge < -0.3 is 9.29 Å². The molecule has 1 aromatic rings. The topological polar surface area (TPSA) is 61.4 Å². The Morgan fingerprint density at radius 1 is 1.28 bits per heavy atom. The van der Waals surface area contributed by atoms with E-state index in [2.05, 4.69) is 9.46 Å². The number of carbonyl (C=O) groups excluding carboxylic acids is 1. The number of esters is 1. The predicted molar refractivity (Wildman–Crippen MR) is 91.0 cm³/mol. The molecular weight excluding hydrogens is 355 g/mol. The van der Waals surface area contributed by atoms with E-state index in [4.69, 9.17) is 0 Å². The third-order valence-electron chi connectivity index (χ3n) is 3.69. The van der Waals surface area contributed by atoms with Crippen molar-refractivity contribution in [3.63, 3.8) is 0 Å². The van der Waals surface area contributed by atoms with E-state index < -0.39 is 39.9 Å². The number of rotatable bonds is 9. The van der Waals surface area contributed by atoms with E-state index in [1.807, 2.05) is 6.92 Å². The number of halogens is 3. The zero-order chi connectivity index (χ0) is 19.3. The van der Waals surface area contributed by atoms with Crippen molar-refractivity contribution in [2.45, 2.75) is 57.2 Å². The molecule has 25 heavy (non-hydrogen) atoms. The number of hydrogen-bond donors (Lipinski definition) is 1. The molecule has 0 saturated heterocycles. The maximum Gasteiger partial charge on any atom is 0.379 e. The molecule has 0 aliphatic rings. The second-order valence-electron chi connectivity index (χ2n) is 6.22. The van der Waals surface area contributed by atoms with Crippen molar-refractivity contribution in [3.05, 3.63) is 35.6 Å². The van der Waals surface area contributed by atoms with E-state index >= 15 is 0 Å². The van der Waals surface area contributed by atoms with Crippen LogP contribution < -0.4 is 4.72 Å². The average Bonchev–Trinajstić information content (AvgIpc) is 2.53. The van der Waals surface area contributed by atoms with Gasteiger partial charge in [0, 0.05) is 11.4 Å². The van der Waals surface area contributed by atoms with Crippen LogP contribution in [0.15, 0.2) is 24.3 Å². The lowest BCUT2D eigenvalue weighted by Crippen LogP contribution is -2.51. The second-order valence-corrected chi connectivity index (χ2v) is 8.10. The fourth-order valence-electron chi connectivity index (χ4n) is 2.31. The smallest absolute Gasteiger partial charge is 0.379 e. The van der Waals surface area contributed by atoms with Gasteiger partial charge in [0.25, 0.3) is 0 Å². The molecule has 142 valence electrons. The van der Waals surface area contributed by atoms with Crippen LogP contribution in [-0.2, 0) is 20.9 Å². The van der Waals surface area contributed by atoms with Crippen molar-refractivity contribution in [1.82, 2.24) is 4.72 Å². The van der Waals surface area contributed by atoms with Crippen LogP contribution in [0.4, 0.5) is 13.2 Å². The molecule has 0 amide bonds. The highest BCUT2D eigenvalue weighted by Crippen LogP contribution is 2.35. The molecule has 0 radical (unpaired) electrons. The lowest BCUT2D eigenvalue weighted by Gasteiger charge is -2.33. The largest absolute Gasteiger partial charge is 0.598 e. The Balaban J connectivity index is 3.19. The number of benzene rings is 1. The van der Waals surface area contributed by atoms with E-state index in [1.54, 1.807) is 13.8 Å². The highest BCUT2D eigenvalue weighted by atomic mass is 32.2. The van der Waals surface area contributed by atoms with Gasteiger partial charge in [-0.15, -0.1) is 4.72 Å². The van der Waals surface area contributed by atoms with Crippen LogP contribution in [0.1, 0.15) is 52.1 Å². The molecule has 0 aromatic heterocycles. The predicted octanol–water partition coefficient (Wildman–Crippen LogP) is 3.90. The normalized spacial score (nSPS) is 14.9. The molecule has 0 fully saturated rings. The van der Waals surface area contributed by atoms with Gasteiger partial charge in [-0.2, -0.15) is 8.78 Å². The van der Waals surface area contributed by atoms with Crippen molar-refractivity contribution >= 4 is 17.3 Å². The van der Waals surface area contributed by atoms with Crippen molar-refractivity contribution in [2.24, 2.45) is 0 Å². The number of nitrogens with one attached hydrogen (secondary N) is 1. The van der Waals surface area contributed by atoms with Gasteiger partial charge in [0.05, 0.1) is 6.61 Å². The lowest BCUT2D eigenvalue weighted by atomic mass is 10.0. The molecule has 0 spiro atoms. The Morgan fingerprint density at radius 3 is 2.32 bits per heavy atom. The summed E-state index contributed by atoms with van der Waals surface area (Å²) in [6, 6.07) is 2.37. The molecule has 0 aliphatic heterocycles. The quantitative estimate of drug-likeness (QED) is 0.522. The standard InChI is InChI=1S/C17H24F3NO3S/c1-5-11-16(3,4)25(23)21-14(12-7-9-13(18)10-8-12)17(19,20)15(22)24-6-2/h7-10,14,21H,5-6,11H2,1-4H3/t14-,25-/m0/s1. The third-order valence-corrected chi connectivity index (χ3v) is 5.35. The molecular formula is C17H24F3NO3S. The van der Waals surface area contributed by atoms with Gasteiger partial charge >= 0.3 is 11.9 Å². The van der Waals surface area contributed by atoms with Crippen LogP contribution in [0, 0.1) is 5.82 Å².